The third-order valence-electron chi connectivity index (χ3n) is 7.09. The summed E-state index contributed by atoms with van der Waals surface area (Å²) in [5, 5.41) is 17.9. The van der Waals surface area contributed by atoms with E-state index in [2.05, 4.69) is 36.8 Å². The maximum absolute atomic E-state index is 16.3. The summed E-state index contributed by atoms with van der Waals surface area (Å²) in [5.41, 5.74) is 7.76. The molecule has 3 N–H and O–H groups in total. The molecular formula is C31H39F2N5O2S. The van der Waals surface area contributed by atoms with E-state index >= 15 is 8.78 Å². The summed E-state index contributed by atoms with van der Waals surface area (Å²) in [6.45, 7) is 12.5. The quantitative estimate of drug-likeness (QED) is 0.256. The lowest BCUT2D eigenvalue weighted by Gasteiger charge is -2.18. The number of nitriles is 1. The van der Waals surface area contributed by atoms with E-state index in [1.54, 1.807) is 12.3 Å². The first-order valence-electron chi connectivity index (χ1n) is 14.1. The third kappa shape index (κ3) is 6.13. The van der Waals surface area contributed by atoms with Crippen molar-refractivity contribution < 1.29 is 18.6 Å². The number of fused-ring (bicyclic) bond motifs is 4. The molecule has 2 aliphatic rings. The Morgan fingerprint density at radius 1 is 1.15 bits per heavy atom. The van der Waals surface area contributed by atoms with E-state index in [0.717, 1.165) is 32.2 Å². The van der Waals surface area contributed by atoms with Crippen molar-refractivity contribution in [1.29, 1.82) is 5.26 Å². The minimum atomic E-state index is -0.634. The van der Waals surface area contributed by atoms with Crippen molar-refractivity contribution in [3.8, 4) is 17.2 Å². The molecule has 1 fully saturated rings. The number of thiophene rings is 1. The Bertz CT molecular complexity index is 1550. The number of nitrogens with two attached hydrogens (primary N) is 1. The third-order valence-corrected chi connectivity index (χ3v) is 8.07. The van der Waals surface area contributed by atoms with Gasteiger partial charge in [0.05, 0.1) is 18.8 Å². The molecule has 0 radical (unpaired) electrons. The average Bonchev–Trinajstić information content (AvgIpc) is 3.74. The molecule has 0 aliphatic carbocycles. The monoisotopic (exact) mass is 583 g/mol. The number of unbranched alkanes of at least 4 members (excludes halogenated alkanes) is 1. The summed E-state index contributed by atoms with van der Waals surface area (Å²) in [6, 6.07) is 4.92. The molecule has 0 spiro atoms. The summed E-state index contributed by atoms with van der Waals surface area (Å²) in [4.78, 5) is 11.1. The maximum atomic E-state index is 16.3. The number of ether oxygens (including phenoxy) is 1. The number of aromatic nitrogens is 2. The van der Waals surface area contributed by atoms with Crippen molar-refractivity contribution in [2.45, 2.75) is 67.1 Å². The fourth-order valence-electron chi connectivity index (χ4n) is 4.97. The lowest BCUT2D eigenvalue weighted by molar-refractivity contribution is 0.135. The highest BCUT2D eigenvalue weighted by molar-refractivity contribution is 7.23. The summed E-state index contributed by atoms with van der Waals surface area (Å²) < 4.78 is 37.9. The van der Waals surface area contributed by atoms with Gasteiger partial charge in [-0.15, -0.1) is 11.3 Å². The zero-order valence-electron chi connectivity index (χ0n) is 24.6. The van der Waals surface area contributed by atoms with Crippen LogP contribution in [0.3, 0.4) is 0 Å². The van der Waals surface area contributed by atoms with Crippen LogP contribution in [0.15, 0.2) is 18.3 Å². The lowest BCUT2D eigenvalue weighted by Crippen LogP contribution is -2.21. The fourth-order valence-corrected chi connectivity index (χ4v) is 5.90. The highest BCUT2D eigenvalue weighted by Gasteiger charge is 2.31. The lowest BCUT2D eigenvalue weighted by atomic mass is 9.90. The number of anilines is 2. The molecule has 6 rings (SSSR count). The first-order chi connectivity index (χ1) is 19.9. The van der Waals surface area contributed by atoms with Crippen molar-refractivity contribution in [1.82, 2.24) is 9.97 Å². The molecule has 2 aromatic heterocycles. The number of hydrogen-bond donors (Lipinski definition) is 2. The largest absolute Gasteiger partial charge is 0.400 e. The van der Waals surface area contributed by atoms with E-state index in [1.165, 1.54) is 30.2 Å². The Hall–Kier alpha value is -3.39. The number of nitrogens with zero attached hydrogens (tertiary/aromatic N) is 4. The zero-order valence-corrected chi connectivity index (χ0v) is 25.5. The second-order valence-electron chi connectivity index (χ2n) is 9.66. The van der Waals surface area contributed by atoms with Crippen LogP contribution in [0.2, 0.25) is 0 Å². The molecule has 4 aromatic rings. The molecule has 41 heavy (non-hydrogen) atoms. The van der Waals surface area contributed by atoms with Gasteiger partial charge in [-0.1, -0.05) is 47.5 Å². The van der Waals surface area contributed by atoms with Crippen LogP contribution in [0.5, 0.6) is 0 Å². The van der Waals surface area contributed by atoms with Gasteiger partial charge < -0.3 is 20.5 Å². The van der Waals surface area contributed by atoms with E-state index in [9.17, 15) is 5.26 Å². The Morgan fingerprint density at radius 2 is 1.83 bits per heavy atom. The summed E-state index contributed by atoms with van der Waals surface area (Å²) >= 11 is 1.19. The van der Waals surface area contributed by atoms with Crippen LogP contribution in [-0.2, 0) is 18.0 Å². The molecule has 0 amide bonds. The molecule has 1 saturated heterocycles. The van der Waals surface area contributed by atoms with Crippen molar-refractivity contribution in [2.75, 3.05) is 30.8 Å². The number of halogens is 2. The van der Waals surface area contributed by atoms with Crippen molar-refractivity contribution in [3.63, 3.8) is 0 Å². The molecule has 1 unspecified atom stereocenters. The highest BCUT2D eigenvalue weighted by atomic mass is 32.1. The minimum absolute atomic E-state index is 0.0353. The predicted molar refractivity (Wildman–Crippen MR) is 164 cm³/mol. The molecule has 2 aromatic carbocycles. The maximum Gasteiger partial charge on any atom is 0.225 e. The Morgan fingerprint density at radius 3 is 2.44 bits per heavy atom. The van der Waals surface area contributed by atoms with Gasteiger partial charge in [0.15, 0.2) is 5.82 Å². The van der Waals surface area contributed by atoms with Crippen LogP contribution in [0.1, 0.15) is 70.6 Å². The van der Waals surface area contributed by atoms with Gasteiger partial charge in [0.25, 0.3) is 0 Å². The standard InChI is InChI=1S/C24H19F2N5OS.C4H10.C2H6.CH4O/c1-11-4-5-31(8-11)24-29-7-13-14-9-32-10-15(14)19(21(26)22(13)30-24)20-16(25)2-3-17-18(20)12(6-27)23(28)33-17;1-3-4-2;2*1-2/h2-3,7,11H,4-5,8-10,28H2,1H3;3-4H2,1-2H3;1-2H3;2H,1H3. The summed E-state index contributed by atoms with van der Waals surface area (Å²) in [5.74, 6) is -0.276. The SMILES string of the molecule is CC.CC1CCN(c2ncc3c4c(c(-c5c(F)ccc6sc(N)c(C#N)c56)c(F)c3n2)COC4)C1.CCCC.CO. The van der Waals surface area contributed by atoms with Gasteiger partial charge in [-0.3, -0.25) is 0 Å². The number of nitrogen functional groups attached to an aromatic ring is 1. The van der Waals surface area contributed by atoms with Gasteiger partial charge in [0.2, 0.25) is 5.95 Å². The molecule has 4 heterocycles. The molecule has 1 atom stereocenters. The normalized spacial score (nSPS) is 15.3. The average molecular weight is 584 g/mol. The van der Waals surface area contributed by atoms with Gasteiger partial charge in [-0.25, -0.2) is 18.7 Å². The molecule has 0 saturated carbocycles. The first kappa shape index (κ1) is 32.1. The van der Waals surface area contributed by atoms with Gasteiger partial charge in [0.1, 0.15) is 22.4 Å². The van der Waals surface area contributed by atoms with E-state index in [4.69, 9.17) is 15.6 Å². The van der Waals surface area contributed by atoms with Crippen LogP contribution >= 0.6 is 11.3 Å². The number of rotatable bonds is 3. The van der Waals surface area contributed by atoms with Crippen molar-refractivity contribution >= 4 is 43.3 Å². The zero-order chi connectivity index (χ0) is 30.3. The molecule has 0 bridgehead atoms. The van der Waals surface area contributed by atoms with Gasteiger partial charge in [-0.2, -0.15) is 5.26 Å². The fraction of sp³-hybridized carbons (Fsp3) is 0.452. The van der Waals surface area contributed by atoms with Gasteiger partial charge in [0, 0.05) is 53.0 Å². The molecule has 10 heteroatoms. The summed E-state index contributed by atoms with van der Waals surface area (Å²) in [7, 11) is 1.00. The molecular weight excluding hydrogens is 544 g/mol. The topological polar surface area (TPSA) is 108 Å². The van der Waals surface area contributed by atoms with Crippen molar-refractivity contribution in [2.24, 2.45) is 5.92 Å². The number of benzene rings is 2. The molecule has 7 nitrogen and oxygen atoms in total. The van der Waals surface area contributed by atoms with E-state index in [1.807, 2.05) is 18.7 Å². The van der Waals surface area contributed by atoms with E-state index in [-0.39, 0.29) is 40.4 Å². The van der Waals surface area contributed by atoms with Crippen LogP contribution in [0, 0.1) is 28.9 Å². The Balaban J connectivity index is 0.000000525. The van der Waals surface area contributed by atoms with E-state index in [0.29, 0.717) is 32.9 Å². The molecule has 220 valence electrons. The first-order valence-corrected chi connectivity index (χ1v) is 14.9. The van der Waals surface area contributed by atoms with E-state index < -0.39 is 11.6 Å². The minimum Gasteiger partial charge on any atom is -0.400 e. The van der Waals surface area contributed by atoms with Gasteiger partial charge in [-0.05, 0) is 35.6 Å². The molecule has 2 aliphatic heterocycles. The number of aliphatic hydroxyl groups is 1. The van der Waals surface area contributed by atoms with Crippen LogP contribution in [0.25, 0.3) is 32.1 Å². The van der Waals surface area contributed by atoms with Gasteiger partial charge >= 0.3 is 0 Å². The van der Waals surface area contributed by atoms with Crippen molar-refractivity contribution in [3.05, 3.63) is 46.7 Å². The van der Waals surface area contributed by atoms with Crippen LogP contribution < -0.4 is 10.6 Å². The number of hydrogen-bond acceptors (Lipinski definition) is 8. The highest BCUT2D eigenvalue weighted by Crippen LogP contribution is 2.46. The van der Waals surface area contributed by atoms with Crippen LogP contribution in [-0.4, -0.2) is 35.3 Å². The number of aliphatic hydroxyl groups excluding tert-OH is 1. The second-order valence-corrected chi connectivity index (χ2v) is 10.7. The Kier molecular flexibility index (Phi) is 11.4. The van der Waals surface area contributed by atoms with Crippen LogP contribution in [0.4, 0.5) is 19.7 Å². The summed E-state index contributed by atoms with van der Waals surface area (Å²) in [6.07, 6.45) is 5.30. The Labute approximate surface area is 244 Å². The predicted octanol–water partition coefficient (Wildman–Crippen LogP) is 7.56. The second kappa shape index (κ2) is 14.5. The smallest absolute Gasteiger partial charge is 0.225 e.